The average Bonchev–Trinajstić information content (AvgIpc) is 3.00. The summed E-state index contributed by atoms with van der Waals surface area (Å²) in [5, 5.41) is 5.59. The van der Waals surface area contributed by atoms with Gasteiger partial charge in [-0.3, -0.25) is 0 Å². The van der Waals surface area contributed by atoms with E-state index >= 15 is 0 Å². The Morgan fingerprint density at radius 2 is 2.05 bits per heavy atom. The first-order valence-electron chi connectivity index (χ1n) is 7.02. The van der Waals surface area contributed by atoms with Crippen molar-refractivity contribution in [3.63, 3.8) is 0 Å². The summed E-state index contributed by atoms with van der Waals surface area (Å²) in [4.78, 5) is 1.33. The van der Waals surface area contributed by atoms with Crippen LogP contribution in [0.2, 0.25) is 0 Å². The van der Waals surface area contributed by atoms with Gasteiger partial charge in [-0.25, -0.2) is 0 Å². The molecular formula is C16H22N2OS. The molecule has 3 N–H and O–H groups in total. The lowest BCUT2D eigenvalue weighted by Crippen LogP contribution is -2.27. The molecule has 0 aliphatic heterocycles. The maximum atomic E-state index is 5.87. The average molecular weight is 290 g/mol. The standard InChI is InChI=1S/C16H22N2OS/c1-2-9-19-14-7-5-13(6-8-14)16(11-17)18-12-15-4-3-10-20-15/h3-8,10,16,18H,2,9,11-12,17H2,1H3. The monoisotopic (exact) mass is 290 g/mol. The number of hydrogen-bond acceptors (Lipinski definition) is 4. The summed E-state index contributed by atoms with van der Waals surface area (Å²) in [6.45, 7) is 4.30. The van der Waals surface area contributed by atoms with Gasteiger partial charge in [0.15, 0.2) is 0 Å². The van der Waals surface area contributed by atoms with Crippen molar-refractivity contribution in [3.05, 3.63) is 52.2 Å². The Labute approximate surface area is 124 Å². The van der Waals surface area contributed by atoms with Gasteiger partial charge >= 0.3 is 0 Å². The SMILES string of the molecule is CCCOc1ccc(C(CN)NCc2cccs2)cc1. The molecule has 3 nitrogen and oxygen atoms in total. The van der Waals surface area contributed by atoms with Crippen LogP contribution in [0.3, 0.4) is 0 Å². The second-order valence-electron chi connectivity index (χ2n) is 4.67. The Hall–Kier alpha value is -1.36. The summed E-state index contributed by atoms with van der Waals surface area (Å²) in [5.74, 6) is 0.921. The Balaban J connectivity index is 1.92. The fraction of sp³-hybridized carbons (Fsp3) is 0.375. The minimum Gasteiger partial charge on any atom is -0.494 e. The van der Waals surface area contributed by atoms with E-state index < -0.39 is 0 Å². The van der Waals surface area contributed by atoms with Gasteiger partial charge in [-0.2, -0.15) is 0 Å². The van der Waals surface area contributed by atoms with Gasteiger partial charge in [0, 0.05) is 24.0 Å². The third-order valence-electron chi connectivity index (χ3n) is 3.09. The van der Waals surface area contributed by atoms with Crippen LogP contribution in [0.4, 0.5) is 0 Å². The highest BCUT2D eigenvalue weighted by molar-refractivity contribution is 7.09. The number of ether oxygens (including phenoxy) is 1. The van der Waals surface area contributed by atoms with E-state index in [0.717, 1.165) is 25.3 Å². The molecule has 0 saturated carbocycles. The van der Waals surface area contributed by atoms with Gasteiger partial charge in [0.05, 0.1) is 6.61 Å². The summed E-state index contributed by atoms with van der Waals surface area (Å²) in [5.41, 5.74) is 7.07. The summed E-state index contributed by atoms with van der Waals surface area (Å²) >= 11 is 1.76. The zero-order valence-electron chi connectivity index (χ0n) is 11.8. The van der Waals surface area contributed by atoms with Crippen LogP contribution in [0.5, 0.6) is 5.75 Å². The Morgan fingerprint density at radius 1 is 1.25 bits per heavy atom. The molecule has 0 saturated heterocycles. The molecule has 0 radical (unpaired) electrons. The van der Waals surface area contributed by atoms with E-state index in [1.54, 1.807) is 11.3 Å². The quantitative estimate of drug-likeness (QED) is 0.784. The van der Waals surface area contributed by atoms with Crippen LogP contribution in [0.15, 0.2) is 41.8 Å². The van der Waals surface area contributed by atoms with Crippen molar-refractivity contribution in [2.24, 2.45) is 5.73 Å². The van der Waals surface area contributed by atoms with Crippen LogP contribution in [0, 0.1) is 0 Å². The topological polar surface area (TPSA) is 47.3 Å². The molecule has 4 heteroatoms. The molecule has 2 aromatic rings. The molecule has 2 rings (SSSR count). The molecule has 1 aromatic heterocycles. The molecule has 20 heavy (non-hydrogen) atoms. The van der Waals surface area contributed by atoms with Gasteiger partial charge in [-0.1, -0.05) is 25.1 Å². The van der Waals surface area contributed by atoms with Gasteiger partial charge < -0.3 is 15.8 Å². The van der Waals surface area contributed by atoms with Crippen molar-refractivity contribution >= 4 is 11.3 Å². The number of thiophene rings is 1. The van der Waals surface area contributed by atoms with Crippen LogP contribution in [-0.4, -0.2) is 13.2 Å². The van der Waals surface area contributed by atoms with Crippen molar-refractivity contribution in [2.45, 2.75) is 25.9 Å². The first kappa shape index (κ1) is 15.0. The van der Waals surface area contributed by atoms with Crippen LogP contribution in [-0.2, 0) is 6.54 Å². The third-order valence-corrected chi connectivity index (χ3v) is 3.97. The van der Waals surface area contributed by atoms with Gasteiger partial charge in [0.1, 0.15) is 5.75 Å². The van der Waals surface area contributed by atoms with Crippen molar-refractivity contribution in [3.8, 4) is 5.75 Å². The van der Waals surface area contributed by atoms with Crippen LogP contribution in [0.25, 0.3) is 0 Å². The zero-order valence-corrected chi connectivity index (χ0v) is 12.7. The highest BCUT2D eigenvalue weighted by Gasteiger charge is 2.09. The molecule has 0 amide bonds. The second kappa shape index (κ2) is 8.04. The first-order chi connectivity index (χ1) is 9.83. The maximum absolute atomic E-state index is 5.87. The van der Waals surface area contributed by atoms with Crippen molar-refractivity contribution < 1.29 is 4.74 Å². The van der Waals surface area contributed by atoms with E-state index in [4.69, 9.17) is 10.5 Å². The predicted molar refractivity (Wildman–Crippen MR) is 85.2 cm³/mol. The molecule has 0 aliphatic carbocycles. The van der Waals surface area contributed by atoms with Crippen LogP contribution >= 0.6 is 11.3 Å². The maximum Gasteiger partial charge on any atom is 0.119 e. The van der Waals surface area contributed by atoms with Crippen molar-refractivity contribution in [1.29, 1.82) is 0 Å². The number of nitrogens with two attached hydrogens (primary N) is 1. The lowest BCUT2D eigenvalue weighted by atomic mass is 10.1. The fourth-order valence-electron chi connectivity index (χ4n) is 1.99. The molecule has 1 aromatic carbocycles. The minimum absolute atomic E-state index is 0.178. The summed E-state index contributed by atoms with van der Waals surface area (Å²) in [6, 6.07) is 12.6. The molecule has 0 spiro atoms. The lowest BCUT2D eigenvalue weighted by Gasteiger charge is -2.17. The molecule has 1 heterocycles. The van der Waals surface area contributed by atoms with E-state index in [0.29, 0.717) is 6.54 Å². The number of benzene rings is 1. The summed E-state index contributed by atoms with van der Waals surface area (Å²) < 4.78 is 5.59. The third kappa shape index (κ3) is 4.34. The number of nitrogens with one attached hydrogen (secondary N) is 1. The van der Waals surface area contributed by atoms with E-state index in [1.807, 2.05) is 12.1 Å². The number of rotatable bonds is 8. The molecule has 108 valence electrons. The van der Waals surface area contributed by atoms with E-state index in [9.17, 15) is 0 Å². The van der Waals surface area contributed by atoms with Crippen molar-refractivity contribution in [2.75, 3.05) is 13.2 Å². The highest BCUT2D eigenvalue weighted by atomic mass is 32.1. The molecule has 1 atom stereocenters. The minimum atomic E-state index is 0.178. The largest absolute Gasteiger partial charge is 0.494 e. The van der Waals surface area contributed by atoms with Gasteiger partial charge in [0.25, 0.3) is 0 Å². The highest BCUT2D eigenvalue weighted by Crippen LogP contribution is 2.18. The molecular weight excluding hydrogens is 268 g/mol. The van der Waals surface area contributed by atoms with Crippen LogP contribution in [0.1, 0.15) is 29.8 Å². The Bertz CT molecular complexity index is 482. The molecule has 0 aliphatic rings. The Kier molecular flexibility index (Phi) is 6.05. The summed E-state index contributed by atoms with van der Waals surface area (Å²) in [6.07, 6.45) is 1.02. The van der Waals surface area contributed by atoms with E-state index in [-0.39, 0.29) is 6.04 Å². The zero-order chi connectivity index (χ0) is 14.2. The fourth-order valence-corrected chi connectivity index (χ4v) is 2.65. The number of hydrogen-bond donors (Lipinski definition) is 2. The molecule has 1 unspecified atom stereocenters. The predicted octanol–water partition coefficient (Wildman–Crippen LogP) is 3.33. The van der Waals surface area contributed by atoms with Gasteiger partial charge in [-0.15, -0.1) is 11.3 Å². The molecule has 0 fully saturated rings. The van der Waals surface area contributed by atoms with Crippen LogP contribution < -0.4 is 15.8 Å². The molecule has 0 bridgehead atoms. The normalized spacial score (nSPS) is 12.3. The Morgan fingerprint density at radius 3 is 2.65 bits per heavy atom. The van der Waals surface area contributed by atoms with Gasteiger partial charge in [0.2, 0.25) is 0 Å². The summed E-state index contributed by atoms with van der Waals surface area (Å²) in [7, 11) is 0. The lowest BCUT2D eigenvalue weighted by molar-refractivity contribution is 0.317. The van der Waals surface area contributed by atoms with Crippen molar-refractivity contribution in [1.82, 2.24) is 5.32 Å². The van der Waals surface area contributed by atoms with Gasteiger partial charge in [-0.05, 0) is 35.6 Å². The smallest absolute Gasteiger partial charge is 0.119 e. The first-order valence-corrected chi connectivity index (χ1v) is 7.90. The van der Waals surface area contributed by atoms with E-state index in [1.165, 1.54) is 10.4 Å². The van der Waals surface area contributed by atoms with E-state index in [2.05, 4.69) is 41.9 Å². The second-order valence-corrected chi connectivity index (χ2v) is 5.70.